The lowest BCUT2D eigenvalue weighted by molar-refractivity contribution is -0.118. The third-order valence-electron chi connectivity index (χ3n) is 4.50. The molecule has 0 aromatic heterocycles. The maximum atomic E-state index is 12.0. The number of anilines is 1. The lowest BCUT2D eigenvalue weighted by atomic mass is 9.98. The standard InChI is InChI=1S/C19H14N2O/c1-12(22)19-10-14(11-20)17-9-7-16-15-5-3-2-4-13(15)6-8-18(16)21(17)19/h2-9,19H,10H2,1H3. The SMILES string of the molecule is CC(=O)C1CC(C#N)=C2C=Cc3c(ccc4ccccc34)N21. The van der Waals surface area contributed by atoms with Crippen LogP contribution < -0.4 is 4.90 Å². The van der Waals surface area contributed by atoms with E-state index in [1.807, 2.05) is 23.1 Å². The summed E-state index contributed by atoms with van der Waals surface area (Å²) in [6.07, 6.45) is 4.53. The number of carbonyl (C=O) groups is 1. The van der Waals surface area contributed by atoms with Gasteiger partial charge in [-0.2, -0.15) is 5.26 Å². The summed E-state index contributed by atoms with van der Waals surface area (Å²) in [6, 6.07) is 14.3. The van der Waals surface area contributed by atoms with E-state index >= 15 is 0 Å². The molecule has 2 aromatic carbocycles. The maximum absolute atomic E-state index is 12.0. The van der Waals surface area contributed by atoms with Gasteiger partial charge in [-0.15, -0.1) is 0 Å². The molecule has 4 rings (SSSR count). The number of benzene rings is 2. The molecular weight excluding hydrogens is 272 g/mol. The molecule has 2 aliphatic rings. The Bertz CT molecular complexity index is 915. The quantitative estimate of drug-likeness (QED) is 0.800. The van der Waals surface area contributed by atoms with E-state index in [0.29, 0.717) is 12.0 Å². The van der Waals surface area contributed by atoms with Crippen molar-refractivity contribution in [2.24, 2.45) is 0 Å². The van der Waals surface area contributed by atoms with E-state index < -0.39 is 0 Å². The second-order valence-corrected chi connectivity index (χ2v) is 5.73. The molecule has 3 nitrogen and oxygen atoms in total. The average molecular weight is 286 g/mol. The van der Waals surface area contributed by atoms with Crippen LogP contribution in [0.1, 0.15) is 18.9 Å². The number of fused-ring (bicyclic) bond motifs is 5. The zero-order valence-corrected chi connectivity index (χ0v) is 12.2. The minimum absolute atomic E-state index is 0.0946. The van der Waals surface area contributed by atoms with Gasteiger partial charge in [-0.1, -0.05) is 36.4 Å². The maximum Gasteiger partial charge on any atom is 0.152 e. The zero-order valence-electron chi connectivity index (χ0n) is 12.2. The van der Waals surface area contributed by atoms with Gasteiger partial charge in [0, 0.05) is 17.7 Å². The van der Waals surface area contributed by atoms with E-state index in [1.165, 1.54) is 10.8 Å². The summed E-state index contributed by atoms with van der Waals surface area (Å²) in [4.78, 5) is 14.1. The van der Waals surface area contributed by atoms with Crippen LogP contribution in [-0.4, -0.2) is 11.8 Å². The molecule has 1 atom stereocenters. The summed E-state index contributed by atoms with van der Waals surface area (Å²) in [5, 5.41) is 11.7. The number of nitrogens with zero attached hydrogens (tertiary/aromatic N) is 2. The molecule has 0 fully saturated rings. The van der Waals surface area contributed by atoms with E-state index in [0.717, 1.165) is 16.9 Å². The Morgan fingerprint density at radius 2 is 2.05 bits per heavy atom. The summed E-state index contributed by atoms with van der Waals surface area (Å²) in [7, 11) is 0. The number of hydrogen-bond acceptors (Lipinski definition) is 3. The van der Waals surface area contributed by atoms with E-state index in [-0.39, 0.29) is 11.8 Å². The third-order valence-corrected chi connectivity index (χ3v) is 4.50. The molecule has 0 spiro atoms. The van der Waals surface area contributed by atoms with Crippen LogP contribution in [0.15, 0.2) is 53.7 Å². The summed E-state index contributed by atoms with van der Waals surface area (Å²) >= 11 is 0. The topological polar surface area (TPSA) is 44.1 Å². The van der Waals surface area contributed by atoms with E-state index in [1.54, 1.807) is 6.92 Å². The predicted octanol–water partition coefficient (Wildman–Crippen LogP) is 3.81. The molecule has 2 aromatic rings. The van der Waals surface area contributed by atoms with Gasteiger partial charge >= 0.3 is 0 Å². The highest BCUT2D eigenvalue weighted by atomic mass is 16.1. The Labute approximate surface area is 128 Å². The van der Waals surface area contributed by atoms with Crippen LogP contribution in [0.5, 0.6) is 0 Å². The van der Waals surface area contributed by atoms with Gasteiger partial charge in [-0.3, -0.25) is 4.79 Å². The first-order valence-electron chi connectivity index (χ1n) is 7.33. The monoisotopic (exact) mass is 286 g/mol. The number of nitriles is 1. The van der Waals surface area contributed by atoms with Crippen molar-refractivity contribution in [2.75, 3.05) is 4.90 Å². The number of rotatable bonds is 1. The molecule has 2 aliphatic heterocycles. The Kier molecular flexibility index (Phi) is 2.67. The molecule has 22 heavy (non-hydrogen) atoms. The molecule has 0 bridgehead atoms. The molecule has 0 aliphatic carbocycles. The smallest absolute Gasteiger partial charge is 0.152 e. The first-order chi connectivity index (χ1) is 10.7. The van der Waals surface area contributed by atoms with Crippen LogP contribution in [-0.2, 0) is 4.79 Å². The molecule has 0 saturated carbocycles. The highest BCUT2D eigenvalue weighted by Crippen LogP contribution is 2.42. The fourth-order valence-electron chi connectivity index (χ4n) is 3.44. The number of Topliss-reactive ketones (excluding diaryl/α,β-unsaturated/α-hetero) is 1. The number of allylic oxidation sites excluding steroid dienone is 1. The zero-order chi connectivity index (χ0) is 15.3. The summed E-state index contributed by atoms with van der Waals surface area (Å²) in [5.41, 5.74) is 3.69. The van der Waals surface area contributed by atoms with Crippen LogP contribution in [0, 0.1) is 11.3 Å². The molecule has 0 radical (unpaired) electrons. The van der Waals surface area contributed by atoms with Gasteiger partial charge in [0.15, 0.2) is 5.78 Å². The van der Waals surface area contributed by atoms with Crippen molar-refractivity contribution in [3.05, 3.63) is 59.3 Å². The number of hydrogen-bond donors (Lipinski definition) is 0. The molecule has 106 valence electrons. The fourth-order valence-corrected chi connectivity index (χ4v) is 3.44. The highest BCUT2D eigenvalue weighted by molar-refractivity contribution is 6.01. The van der Waals surface area contributed by atoms with Crippen molar-refractivity contribution < 1.29 is 4.79 Å². The van der Waals surface area contributed by atoms with Gasteiger partial charge in [0.2, 0.25) is 0 Å². The lowest BCUT2D eigenvalue weighted by Gasteiger charge is -2.31. The van der Waals surface area contributed by atoms with Crippen molar-refractivity contribution in [1.29, 1.82) is 5.26 Å². The Morgan fingerprint density at radius 1 is 1.23 bits per heavy atom. The van der Waals surface area contributed by atoms with Crippen molar-refractivity contribution in [3.63, 3.8) is 0 Å². The van der Waals surface area contributed by atoms with Gasteiger partial charge in [-0.05, 0) is 29.8 Å². The van der Waals surface area contributed by atoms with Gasteiger partial charge in [0.1, 0.15) is 0 Å². The second-order valence-electron chi connectivity index (χ2n) is 5.73. The van der Waals surface area contributed by atoms with Crippen molar-refractivity contribution in [1.82, 2.24) is 0 Å². The molecule has 0 N–H and O–H groups in total. The molecule has 0 amide bonds. The van der Waals surface area contributed by atoms with Crippen molar-refractivity contribution >= 4 is 28.3 Å². The minimum Gasteiger partial charge on any atom is -0.329 e. The Balaban J connectivity index is 2.00. The normalized spacial score (nSPS) is 19.1. The van der Waals surface area contributed by atoms with Crippen LogP contribution >= 0.6 is 0 Å². The van der Waals surface area contributed by atoms with Crippen LogP contribution in [0.2, 0.25) is 0 Å². The van der Waals surface area contributed by atoms with Crippen molar-refractivity contribution in [2.45, 2.75) is 19.4 Å². The summed E-state index contributed by atoms with van der Waals surface area (Å²) in [5.74, 6) is 0.0946. The van der Waals surface area contributed by atoms with Gasteiger partial charge in [0.05, 0.1) is 23.4 Å². The summed E-state index contributed by atoms with van der Waals surface area (Å²) < 4.78 is 0. The molecule has 2 heterocycles. The fraction of sp³-hybridized carbons (Fsp3) is 0.158. The van der Waals surface area contributed by atoms with Crippen LogP contribution in [0.3, 0.4) is 0 Å². The Hall–Kier alpha value is -2.86. The molecule has 0 saturated heterocycles. The van der Waals surface area contributed by atoms with Gasteiger partial charge in [-0.25, -0.2) is 0 Å². The lowest BCUT2D eigenvalue weighted by Crippen LogP contribution is -2.36. The summed E-state index contributed by atoms with van der Waals surface area (Å²) in [6.45, 7) is 1.60. The number of ketones is 1. The molecule has 3 heteroatoms. The van der Waals surface area contributed by atoms with E-state index in [4.69, 9.17) is 0 Å². The second kappa shape index (κ2) is 4.57. The first-order valence-corrected chi connectivity index (χ1v) is 7.33. The van der Waals surface area contributed by atoms with Crippen LogP contribution in [0.25, 0.3) is 16.8 Å². The minimum atomic E-state index is -0.269. The largest absolute Gasteiger partial charge is 0.329 e. The predicted molar refractivity (Wildman–Crippen MR) is 87.2 cm³/mol. The van der Waals surface area contributed by atoms with Gasteiger partial charge < -0.3 is 4.90 Å². The molecule has 1 unspecified atom stereocenters. The third kappa shape index (κ3) is 1.64. The average Bonchev–Trinajstić information content (AvgIpc) is 2.93. The first kappa shape index (κ1) is 12.8. The molecular formula is C19H14N2O. The Morgan fingerprint density at radius 3 is 2.82 bits per heavy atom. The van der Waals surface area contributed by atoms with Crippen LogP contribution in [0.4, 0.5) is 5.69 Å². The van der Waals surface area contributed by atoms with E-state index in [2.05, 4.69) is 36.4 Å². The van der Waals surface area contributed by atoms with Gasteiger partial charge in [0.25, 0.3) is 0 Å². The number of carbonyl (C=O) groups excluding carboxylic acids is 1. The highest BCUT2D eigenvalue weighted by Gasteiger charge is 2.37. The van der Waals surface area contributed by atoms with Crippen molar-refractivity contribution in [3.8, 4) is 6.07 Å². The van der Waals surface area contributed by atoms with E-state index in [9.17, 15) is 10.1 Å².